The molecule has 1 saturated heterocycles. The second kappa shape index (κ2) is 6.19. The average molecular weight is 366 g/mol. The number of aromatic nitrogens is 1. The molecule has 0 saturated carbocycles. The topological polar surface area (TPSA) is 45.6 Å². The summed E-state index contributed by atoms with van der Waals surface area (Å²) in [6.45, 7) is 2.40. The van der Waals surface area contributed by atoms with E-state index in [-0.39, 0.29) is 6.04 Å². The third kappa shape index (κ3) is 2.67. The summed E-state index contributed by atoms with van der Waals surface area (Å²) in [6, 6.07) is 11.1. The van der Waals surface area contributed by atoms with Crippen molar-refractivity contribution in [3.05, 3.63) is 58.9 Å². The van der Waals surface area contributed by atoms with Crippen molar-refractivity contribution in [1.29, 1.82) is 0 Å². The quantitative estimate of drug-likeness (QED) is 0.839. The van der Waals surface area contributed by atoms with Crippen molar-refractivity contribution >= 4 is 21.8 Å². The molecule has 1 aromatic heterocycles. The van der Waals surface area contributed by atoms with Crippen LogP contribution >= 0.6 is 11.6 Å². The van der Waals surface area contributed by atoms with Crippen molar-refractivity contribution in [1.82, 2.24) is 13.2 Å². The summed E-state index contributed by atoms with van der Waals surface area (Å²) in [4.78, 5) is 0. The Balaban J connectivity index is 1.79. The highest BCUT2D eigenvalue weighted by molar-refractivity contribution is 7.86. The second-order valence-electron chi connectivity index (χ2n) is 6.31. The Morgan fingerprint density at radius 3 is 2.38 bits per heavy atom. The molecule has 2 aliphatic heterocycles. The van der Waals surface area contributed by atoms with E-state index < -0.39 is 10.2 Å². The Hall–Kier alpha value is -1.34. The second-order valence-corrected chi connectivity index (χ2v) is 8.62. The van der Waals surface area contributed by atoms with E-state index in [0.717, 1.165) is 24.1 Å². The maximum atomic E-state index is 13.2. The summed E-state index contributed by atoms with van der Waals surface area (Å²) in [7, 11) is -3.47. The monoisotopic (exact) mass is 365 g/mol. The predicted octanol–water partition coefficient (Wildman–Crippen LogP) is 2.89. The Morgan fingerprint density at radius 1 is 0.958 bits per heavy atom. The first kappa shape index (κ1) is 16.1. The van der Waals surface area contributed by atoms with Crippen LogP contribution in [0.25, 0.3) is 0 Å². The van der Waals surface area contributed by atoms with Gasteiger partial charge < -0.3 is 4.57 Å². The normalized spacial score (nSPS) is 22.6. The number of hydrogen-bond donors (Lipinski definition) is 0. The van der Waals surface area contributed by atoms with Crippen molar-refractivity contribution in [2.24, 2.45) is 0 Å². The van der Waals surface area contributed by atoms with Gasteiger partial charge in [0.25, 0.3) is 10.2 Å². The largest absolute Gasteiger partial charge is 0.348 e. The van der Waals surface area contributed by atoms with E-state index in [1.165, 1.54) is 0 Å². The standard InChI is InChI=1S/C17H20ClN3O2S/c18-15-7-5-14(6-8-15)17-16-4-3-9-19(16)12-13-21(17)24(22,23)20-10-1-2-11-20/h3-9,17H,1-2,10-13H2. The molecular weight excluding hydrogens is 346 g/mol. The molecule has 2 aliphatic rings. The lowest BCUT2D eigenvalue weighted by atomic mass is 10.0. The van der Waals surface area contributed by atoms with Gasteiger partial charge >= 0.3 is 0 Å². The van der Waals surface area contributed by atoms with Crippen LogP contribution in [-0.2, 0) is 16.8 Å². The first-order valence-electron chi connectivity index (χ1n) is 8.25. The number of nitrogens with zero attached hydrogens (tertiary/aromatic N) is 3. The molecule has 0 radical (unpaired) electrons. The molecule has 7 heteroatoms. The van der Waals surface area contributed by atoms with Crippen LogP contribution < -0.4 is 0 Å². The van der Waals surface area contributed by atoms with E-state index in [9.17, 15) is 8.42 Å². The van der Waals surface area contributed by atoms with Gasteiger partial charge in [0.2, 0.25) is 0 Å². The highest BCUT2D eigenvalue weighted by Crippen LogP contribution is 2.36. The van der Waals surface area contributed by atoms with Gasteiger partial charge in [-0.15, -0.1) is 0 Å². The number of rotatable bonds is 3. The summed E-state index contributed by atoms with van der Waals surface area (Å²) >= 11 is 6.01. The van der Waals surface area contributed by atoms with Crippen molar-refractivity contribution in [3.8, 4) is 0 Å². The van der Waals surface area contributed by atoms with Crippen molar-refractivity contribution < 1.29 is 8.42 Å². The summed E-state index contributed by atoms with van der Waals surface area (Å²) in [5.74, 6) is 0. The Morgan fingerprint density at radius 2 is 1.67 bits per heavy atom. The molecule has 0 bridgehead atoms. The third-order valence-corrected chi connectivity index (χ3v) is 7.12. The number of benzene rings is 1. The zero-order chi connectivity index (χ0) is 16.7. The number of halogens is 1. The van der Waals surface area contributed by atoms with Gasteiger partial charge in [0, 0.05) is 43.1 Å². The Kier molecular flexibility index (Phi) is 4.16. The maximum absolute atomic E-state index is 13.2. The lowest BCUT2D eigenvalue weighted by molar-refractivity contribution is 0.275. The van der Waals surface area contributed by atoms with Crippen LogP contribution in [0.5, 0.6) is 0 Å². The van der Waals surface area contributed by atoms with E-state index in [1.54, 1.807) is 8.61 Å². The fraction of sp³-hybridized carbons (Fsp3) is 0.412. The first-order chi connectivity index (χ1) is 11.6. The third-order valence-electron chi connectivity index (χ3n) is 4.87. The lowest BCUT2D eigenvalue weighted by Gasteiger charge is -2.38. The van der Waals surface area contributed by atoms with Crippen molar-refractivity contribution in [2.75, 3.05) is 19.6 Å². The zero-order valence-corrected chi connectivity index (χ0v) is 14.9. The first-order valence-corrected chi connectivity index (χ1v) is 10.0. The van der Waals surface area contributed by atoms with Gasteiger partial charge in [-0.25, -0.2) is 0 Å². The average Bonchev–Trinajstić information content (AvgIpc) is 3.26. The summed E-state index contributed by atoms with van der Waals surface area (Å²) in [5.41, 5.74) is 1.95. The van der Waals surface area contributed by atoms with Crippen LogP contribution in [0, 0.1) is 0 Å². The van der Waals surface area contributed by atoms with Gasteiger partial charge in [-0.1, -0.05) is 23.7 Å². The number of hydrogen-bond acceptors (Lipinski definition) is 2. The van der Waals surface area contributed by atoms with Gasteiger partial charge in [0.15, 0.2) is 0 Å². The highest BCUT2D eigenvalue weighted by Gasteiger charge is 2.40. The molecule has 4 rings (SSSR count). The van der Waals surface area contributed by atoms with Gasteiger partial charge in [0.05, 0.1) is 6.04 Å². The molecular formula is C17H20ClN3O2S. The summed E-state index contributed by atoms with van der Waals surface area (Å²) in [6.07, 6.45) is 3.89. The summed E-state index contributed by atoms with van der Waals surface area (Å²) in [5, 5.41) is 0.652. The maximum Gasteiger partial charge on any atom is 0.282 e. The lowest BCUT2D eigenvalue weighted by Crippen LogP contribution is -2.48. The molecule has 1 aromatic carbocycles. The van der Waals surface area contributed by atoms with Crippen molar-refractivity contribution in [2.45, 2.75) is 25.4 Å². The van der Waals surface area contributed by atoms with Crippen molar-refractivity contribution in [3.63, 3.8) is 0 Å². The van der Waals surface area contributed by atoms with Crippen LogP contribution in [0.4, 0.5) is 0 Å². The molecule has 5 nitrogen and oxygen atoms in total. The highest BCUT2D eigenvalue weighted by atomic mass is 35.5. The van der Waals surface area contributed by atoms with E-state index in [0.29, 0.717) is 31.2 Å². The molecule has 1 atom stereocenters. The number of fused-ring (bicyclic) bond motifs is 1. The van der Waals surface area contributed by atoms with Crippen LogP contribution in [-0.4, -0.2) is 41.2 Å². The van der Waals surface area contributed by atoms with Crippen LogP contribution in [0.1, 0.15) is 30.1 Å². The smallest absolute Gasteiger partial charge is 0.282 e. The van der Waals surface area contributed by atoms with Gasteiger partial charge in [-0.2, -0.15) is 17.0 Å². The molecule has 0 N–H and O–H groups in total. The fourth-order valence-corrected chi connectivity index (χ4v) is 5.61. The molecule has 1 unspecified atom stereocenters. The minimum absolute atomic E-state index is 0.309. The SMILES string of the molecule is O=S(=O)(N1CCCC1)N1CCn2cccc2C1c1ccc(Cl)cc1. The Labute approximate surface area is 147 Å². The van der Waals surface area contributed by atoms with Crippen LogP contribution in [0.2, 0.25) is 5.02 Å². The summed E-state index contributed by atoms with van der Waals surface area (Å²) < 4.78 is 31.8. The van der Waals surface area contributed by atoms with E-state index in [1.807, 2.05) is 42.6 Å². The predicted molar refractivity (Wildman–Crippen MR) is 94.2 cm³/mol. The molecule has 3 heterocycles. The molecule has 24 heavy (non-hydrogen) atoms. The van der Waals surface area contributed by atoms with E-state index >= 15 is 0 Å². The minimum atomic E-state index is -3.47. The molecule has 2 aromatic rings. The van der Waals surface area contributed by atoms with E-state index in [4.69, 9.17) is 11.6 Å². The van der Waals surface area contributed by atoms with Crippen LogP contribution in [0.15, 0.2) is 42.6 Å². The molecule has 128 valence electrons. The van der Waals surface area contributed by atoms with Crippen LogP contribution in [0.3, 0.4) is 0 Å². The fourth-order valence-electron chi connectivity index (χ4n) is 3.66. The minimum Gasteiger partial charge on any atom is -0.348 e. The molecule has 0 amide bonds. The Bertz CT molecular complexity index is 826. The molecule has 0 spiro atoms. The van der Waals surface area contributed by atoms with Gasteiger partial charge in [-0.3, -0.25) is 0 Å². The van der Waals surface area contributed by atoms with Gasteiger partial charge in [-0.05, 0) is 42.7 Å². The molecule has 0 aliphatic carbocycles. The van der Waals surface area contributed by atoms with E-state index in [2.05, 4.69) is 4.57 Å². The van der Waals surface area contributed by atoms with Gasteiger partial charge in [0.1, 0.15) is 0 Å². The zero-order valence-electron chi connectivity index (χ0n) is 13.3. The molecule has 1 fully saturated rings.